The Morgan fingerprint density at radius 1 is 1.46 bits per heavy atom. The van der Waals surface area contributed by atoms with Crippen LogP contribution in [0.15, 0.2) is 0 Å². The van der Waals surface area contributed by atoms with Crippen LogP contribution in [0.3, 0.4) is 0 Å². The van der Waals surface area contributed by atoms with Crippen molar-refractivity contribution in [3.63, 3.8) is 0 Å². The summed E-state index contributed by atoms with van der Waals surface area (Å²) in [5, 5.41) is 8.88. The average Bonchev–Trinajstić information content (AvgIpc) is 2.81. The number of carbonyl (C=O) groups is 1. The summed E-state index contributed by atoms with van der Waals surface area (Å²) in [6.07, 6.45) is 3.17. The van der Waals surface area contributed by atoms with Crippen LogP contribution in [0.4, 0.5) is 0 Å². The van der Waals surface area contributed by atoms with Crippen molar-refractivity contribution in [2.24, 2.45) is 11.8 Å². The van der Waals surface area contributed by atoms with Gasteiger partial charge in [-0.25, -0.2) is 0 Å². The van der Waals surface area contributed by atoms with E-state index in [2.05, 4.69) is 0 Å². The Kier molecular flexibility index (Phi) is 2.28. The fourth-order valence-electron chi connectivity index (χ4n) is 2.51. The summed E-state index contributed by atoms with van der Waals surface area (Å²) in [5.74, 6) is 1.80. The Labute approximate surface area is 78.7 Å². The van der Waals surface area contributed by atoms with Crippen LogP contribution >= 0.6 is 0 Å². The fraction of sp³-hybridized carbons (Fsp3) is 0.900. The number of amides is 1. The number of hydrogen-bond acceptors (Lipinski definition) is 2. The first-order valence-electron chi connectivity index (χ1n) is 5.10. The van der Waals surface area contributed by atoms with Crippen molar-refractivity contribution in [3.8, 4) is 0 Å². The fourth-order valence-corrected chi connectivity index (χ4v) is 2.51. The predicted octanol–water partition coefficient (Wildman–Crippen LogP) is 0.626. The Morgan fingerprint density at radius 2 is 2.23 bits per heavy atom. The lowest BCUT2D eigenvalue weighted by Gasteiger charge is -2.34. The molecule has 3 heteroatoms. The van der Waals surface area contributed by atoms with E-state index in [1.54, 1.807) is 6.92 Å². The van der Waals surface area contributed by atoms with Gasteiger partial charge in [0.2, 0.25) is 5.91 Å². The highest BCUT2D eigenvalue weighted by atomic mass is 16.3. The van der Waals surface area contributed by atoms with E-state index in [1.807, 2.05) is 4.90 Å². The van der Waals surface area contributed by atoms with Crippen molar-refractivity contribution in [2.75, 3.05) is 13.2 Å². The molecule has 0 aromatic heterocycles. The normalized spacial score (nSPS) is 37.1. The number of piperidine rings is 1. The van der Waals surface area contributed by atoms with Gasteiger partial charge < -0.3 is 10.0 Å². The largest absolute Gasteiger partial charge is 0.396 e. The number of nitrogens with zero attached hydrogens (tertiary/aromatic N) is 1. The number of likely N-dealkylation sites (tertiary alicyclic amines) is 1. The zero-order valence-corrected chi connectivity index (χ0v) is 8.07. The van der Waals surface area contributed by atoms with Crippen molar-refractivity contribution < 1.29 is 9.90 Å². The summed E-state index contributed by atoms with van der Waals surface area (Å²) >= 11 is 0. The van der Waals surface area contributed by atoms with Crippen LogP contribution < -0.4 is 0 Å². The summed E-state index contributed by atoms with van der Waals surface area (Å²) in [4.78, 5) is 13.2. The molecular formula is C10H17NO2. The van der Waals surface area contributed by atoms with Gasteiger partial charge in [-0.15, -0.1) is 0 Å². The quantitative estimate of drug-likeness (QED) is 0.682. The van der Waals surface area contributed by atoms with Gasteiger partial charge in [-0.2, -0.15) is 0 Å². The van der Waals surface area contributed by atoms with E-state index in [-0.39, 0.29) is 12.5 Å². The first-order chi connectivity index (χ1) is 6.22. The Hall–Kier alpha value is -0.570. The van der Waals surface area contributed by atoms with Crippen LogP contribution in [0.25, 0.3) is 0 Å². The van der Waals surface area contributed by atoms with Gasteiger partial charge in [0.05, 0.1) is 0 Å². The van der Waals surface area contributed by atoms with Gasteiger partial charge >= 0.3 is 0 Å². The van der Waals surface area contributed by atoms with Crippen molar-refractivity contribution in [2.45, 2.75) is 32.2 Å². The molecule has 3 nitrogen and oxygen atoms in total. The minimum atomic E-state index is 0.170. The summed E-state index contributed by atoms with van der Waals surface area (Å²) in [7, 11) is 0. The number of aliphatic hydroxyl groups is 1. The third kappa shape index (κ3) is 1.70. The van der Waals surface area contributed by atoms with Crippen molar-refractivity contribution in [3.05, 3.63) is 0 Å². The summed E-state index contributed by atoms with van der Waals surface area (Å²) in [6.45, 7) is 2.77. The van der Waals surface area contributed by atoms with Gasteiger partial charge in [0.1, 0.15) is 0 Å². The molecule has 2 rings (SSSR count). The summed E-state index contributed by atoms with van der Waals surface area (Å²) < 4.78 is 0. The van der Waals surface area contributed by atoms with Crippen LogP contribution in [-0.4, -0.2) is 35.1 Å². The highest BCUT2D eigenvalue weighted by Crippen LogP contribution is 2.47. The van der Waals surface area contributed by atoms with Gasteiger partial charge in [0.15, 0.2) is 0 Å². The summed E-state index contributed by atoms with van der Waals surface area (Å²) in [6, 6.07) is 0.311. The van der Waals surface area contributed by atoms with E-state index in [0.29, 0.717) is 6.04 Å². The molecule has 74 valence electrons. The van der Waals surface area contributed by atoms with Gasteiger partial charge in [0, 0.05) is 26.1 Å². The lowest BCUT2D eigenvalue weighted by atomic mass is 9.99. The van der Waals surface area contributed by atoms with Gasteiger partial charge in [-0.1, -0.05) is 0 Å². The van der Waals surface area contributed by atoms with Crippen molar-refractivity contribution >= 4 is 5.91 Å². The maximum Gasteiger partial charge on any atom is 0.219 e. The molecule has 3 atom stereocenters. The summed E-state index contributed by atoms with van der Waals surface area (Å²) in [5.41, 5.74) is 0. The molecule has 0 spiro atoms. The molecule has 2 aliphatic rings. The molecule has 1 aliphatic carbocycles. The number of hydrogen-bond donors (Lipinski definition) is 1. The van der Waals surface area contributed by atoms with Gasteiger partial charge in [-0.05, 0) is 31.1 Å². The molecule has 1 N–H and O–H groups in total. The Morgan fingerprint density at radius 3 is 2.85 bits per heavy atom. The third-order valence-electron chi connectivity index (χ3n) is 3.38. The average molecular weight is 183 g/mol. The second kappa shape index (κ2) is 3.29. The predicted molar refractivity (Wildman–Crippen MR) is 49.1 cm³/mol. The van der Waals surface area contributed by atoms with Gasteiger partial charge in [-0.3, -0.25) is 4.79 Å². The molecular weight excluding hydrogens is 166 g/mol. The Bertz CT molecular complexity index is 217. The van der Waals surface area contributed by atoms with E-state index in [9.17, 15) is 4.79 Å². The first-order valence-corrected chi connectivity index (χ1v) is 5.10. The van der Waals surface area contributed by atoms with E-state index in [0.717, 1.165) is 31.2 Å². The molecule has 0 aromatic carbocycles. The number of rotatable bonds is 2. The lowest BCUT2D eigenvalue weighted by Crippen LogP contribution is -2.44. The van der Waals surface area contributed by atoms with Crippen LogP contribution in [0, 0.1) is 11.8 Å². The maximum absolute atomic E-state index is 11.3. The topological polar surface area (TPSA) is 40.5 Å². The highest BCUT2D eigenvalue weighted by Gasteiger charge is 2.45. The van der Waals surface area contributed by atoms with E-state index >= 15 is 0 Å². The first kappa shape index (κ1) is 9.00. The van der Waals surface area contributed by atoms with Crippen LogP contribution in [0.5, 0.6) is 0 Å². The second-order valence-corrected chi connectivity index (χ2v) is 4.33. The monoisotopic (exact) mass is 183 g/mol. The van der Waals surface area contributed by atoms with E-state index in [4.69, 9.17) is 5.11 Å². The highest BCUT2D eigenvalue weighted by molar-refractivity contribution is 5.73. The van der Waals surface area contributed by atoms with Crippen LogP contribution in [0.2, 0.25) is 0 Å². The maximum atomic E-state index is 11.3. The zero-order chi connectivity index (χ0) is 9.42. The molecule has 1 heterocycles. The van der Waals surface area contributed by atoms with E-state index < -0.39 is 0 Å². The SMILES string of the molecule is CC(=O)N1C[C@@H]2C[C@@H]2C[C@H]1CCO. The smallest absolute Gasteiger partial charge is 0.219 e. The molecule has 1 aliphatic heterocycles. The van der Waals surface area contributed by atoms with E-state index in [1.165, 1.54) is 6.42 Å². The lowest BCUT2D eigenvalue weighted by molar-refractivity contribution is -0.133. The van der Waals surface area contributed by atoms with Crippen molar-refractivity contribution in [1.82, 2.24) is 4.90 Å². The standard InChI is InChI=1S/C10H17NO2/c1-7(13)11-6-9-4-8(9)5-10(11)2-3-12/h8-10,12H,2-6H2,1H3/t8-,9+,10-/m1/s1. The molecule has 0 unspecified atom stereocenters. The molecule has 2 fully saturated rings. The number of fused-ring (bicyclic) bond motifs is 1. The molecule has 1 amide bonds. The second-order valence-electron chi connectivity index (χ2n) is 4.33. The molecule has 0 bridgehead atoms. The number of aliphatic hydroxyl groups excluding tert-OH is 1. The number of carbonyl (C=O) groups excluding carboxylic acids is 1. The van der Waals surface area contributed by atoms with Crippen LogP contribution in [0.1, 0.15) is 26.2 Å². The van der Waals surface area contributed by atoms with Crippen molar-refractivity contribution in [1.29, 1.82) is 0 Å². The molecule has 0 aromatic rings. The molecule has 13 heavy (non-hydrogen) atoms. The minimum Gasteiger partial charge on any atom is -0.396 e. The minimum absolute atomic E-state index is 0.170. The Balaban J connectivity index is 1.99. The zero-order valence-electron chi connectivity index (χ0n) is 8.07. The third-order valence-corrected chi connectivity index (χ3v) is 3.38. The molecule has 0 radical (unpaired) electrons. The molecule has 1 saturated carbocycles. The van der Waals surface area contributed by atoms with Gasteiger partial charge in [0.25, 0.3) is 0 Å². The van der Waals surface area contributed by atoms with Crippen LogP contribution in [-0.2, 0) is 4.79 Å². The molecule has 1 saturated heterocycles.